The maximum Gasteiger partial charge on any atom is 0.185 e. The van der Waals surface area contributed by atoms with E-state index in [1.165, 1.54) is 50.8 Å². The highest BCUT2D eigenvalue weighted by Crippen LogP contribution is 2.35. The predicted molar refractivity (Wildman–Crippen MR) is 139 cm³/mol. The van der Waals surface area contributed by atoms with Crippen LogP contribution in [0.1, 0.15) is 86.4 Å². The molecule has 6 nitrogen and oxygen atoms in total. The average molecular weight is 465 g/mol. The van der Waals surface area contributed by atoms with Crippen molar-refractivity contribution >= 4 is 33.3 Å². The van der Waals surface area contributed by atoms with Crippen LogP contribution in [0.4, 0.5) is 0 Å². The van der Waals surface area contributed by atoms with E-state index in [1.54, 1.807) is 0 Å². The van der Waals surface area contributed by atoms with Gasteiger partial charge in [0, 0.05) is 25.4 Å². The molecule has 0 aromatic heterocycles. The minimum atomic E-state index is -0.0407. The van der Waals surface area contributed by atoms with E-state index in [0.717, 1.165) is 37.6 Å². The predicted octanol–water partition coefficient (Wildman–Crippen LogP) is 4.33. The standard InChI is InChI=1S/C13H28N4O.C9H19NS2.H2/c1-3-5-6-9-16-11(12(18)4-2)8-7-10-17-13(14)15;1-2-10-7-6-9-5-3-4-8-11-12-9;/h11,16H,3-10H2,1-2H3,(H4,14,15,17);9-10H,2-8H2,1H3;1H/t11-;;/m0../s1/i;;1+1. The Balaban J connectivity index is 0. The fourth-order valence-corrected chi connectivity index (χ4v) is 6.02. The summed E-state index contributed by atoms with van der Waals surface area (Å²) in [6.07, 6.45) is 11.4. The third-order valence-corrected chi connectivity index (χ3v) is 8.01. The van der Waals surface area contributed by atoms with Gasteiger partial charge in [0.15, 0.2) is 5.96 Å². The third kappa shape index (κ3) is 18.3. The van der Waals surface area contributed by atoms with Gasteiger partial charge in [-0.1, -0.05) is 61.6 Å². The number of hydrogen-bond acceptors (Lipinski definition) is 6. The number of carbonyl (C=O) groups excluding carboxylic acids is 1. The molecule has 0 amide bonds. The lowest BCUT2D eigenvalue weighted by molar-refractivity contribution is -0.120. The van der Waals surface area contributed by atoms with Crippen molar-refractivity contribution < 1.29 is 6.22 Å². The summed E-state index contributed by atoms with van der Waals surface area (Å²) in [6, 6.07) is -0.0407. The molecule has 1 aliphatic rings. The van der Waals surface area contributed by atoms with Crippen molar-refractivity contribution in [3.63, 3.8) is 0 Å². The molecule has 30 heavy (non-hydrogen) atoms. The number of nitrogens with two attached hydrogens (primary N) is 2. The van der Waals surface area contributed by atoms with E-state index >= 15 is 0 Å². The van der Waals surface area contributed by atoms with E-state index in [2.05, 4.69) is 51.1 Å². The van der Waals surface area contributed by atoms with Crippen LogP contribution in [0.2, 0.25) is 0 Å². The maximum absolute atomic E-state index is 11.8. The van der Waals surface area contributed by atoms with E-state index in [4.69, 9.17) is 11.5 Å². The van der Waals surface area contributed by atoms with Gasteiger partial charge in [0.25, 0.3) is 0 Å². The highest BCUT2D eigenvalue weighted by molar-refractivity contribution is 8.76. The number of unbranched alkanes of at least 4 members (excludes halogenated alkanes) is 2. The number of nitrogens with one attached hydrogen (secondary N) is 2. The number of hydrogen-bond donors (Lipinski definition) is 4. The number of rotatable bonds is 15. The van der Waals surface area contributed by atoms with Crippen LogP contribution in [0.5, 0.6) is 0 Å². The smallest absolute Gasteiger partial charge is 0.185 e. The quantitative estimate of drug-likeness (QED) is 0.124. The van der Waals surface area contributed by atoms with Gasteiger partial charge in [0.1, 0.15) is 5.78 Å². The molecule has 0 aliphatic carbocycles. The maximum atomic E-state index is 11.8. The van der Waals surface area contributed by atoms with Gasteiger partial charge >= 0.3 is 0 Å². The molecule has 6 N–H and O–H groups in total. The molecule has 1 heterocycles. The van der Waals surface area contributed by atoms with Gasteiger partial charge in [-0.05, 0) is 58.2 Å². The van der Waals surface area contributed by atoms with Crippen molar-refractivity contribution in [2.24, 2.45) is 16.5 Å². The molecular weight excluding hydrogens is 414 g/mol. The lowest BCUT2D eigenvalue weighted by atomic mass is 10.0. The normalized spacial score (nSPS) is 17.4. The first kappa shape index (κ1) is 29.6. The molecule has 1 rings (SSSR count). The Morgan fingerprint density at radius 1 is 1.17 bits per heavy atom. The lowest BCUT2D eigenvalue weighted by Gasteiger charge is -2.16. The van der Waals surface area contributed by atoms with Crippen LogP contribution >= 0.6 is 21.6 Å². The molecule has 1 fully saturated rings. The zero-order valence-electron chi connectivity index (χ0n) is 19.6. The van der Waals surface area contributed by atoms with Gasteiger partial charge in [-0.3, -0.25) is 9.79 Å². The van der Waals surface area contributed by atoms with Crippen LogP contribution in [0.25, 0.3) is 0 Å². The third-order valence-electron chi connectivity index (χ3n) is 4.95. The van der Waals surface area contributed by atoms with Crippen molar-refractivity contribution in [3.05, 3.63) is 0 Å². The van der Waals surface area contributed by atoms with Gasteiger partial charge in [-0.25, -0.2) is 0 Å². The Morgan fingerprint density at radius 3 is 2.63 bits per heavy atom. The SMILES string of the molecule is CCCCCN[C@@H](CCCN=C(N)N)C(=O)CC.CCNCCC1CCCCSS1.[2HH]. The summed E-state index contributed by atoms with van der Waals surface area (Å²) in [5, 5.41) is 7.64. The van der Waals surface area contributed by atoms with Gasteiger partial charge in [-0.2, -0.15) is 0 Å². The first-order chi connectivity index (χ1) is 14.5. The van der Waals surface area contributed by atoms with Crippen molar-refractivity contribution in [1.82, 2.24) is 10.6 Å². The molecule has 0 spiro atoms. The van der Waals surface area contributed by atoms with Crippen molar-refractivity contribution in [3.8, 4) is 0 Å². The Morgan fingerprint density at radius 2 is 1.97 bits per heavy atom. The van der Waals surface area contributed by atoms with Crippen molar-refractivity contribution in [2.75, 3.05) is 31.9 Å². The number of guanidine groups is 1. The fourth-order valence-electron chi connectivity index (χ4n) is 3.14. The summed E-state index contributed by atoms with van der Waals surface area (Å²) < 4.78 is 0. The van der Waals surface area contributed by atoms with Crippen LogP contribution in [0.15, 0.2) is 4.99 Å². The van der Waals surface area contributed by atoms with E-state index in [9.17, 15) is 4.79 Å². The zero-order chi connectivity index (χ0) is 22.5. The summed E-state index contributed by atoms with van der Waals surface area (Å²) in [4.78, 5) is 15.7. The molecule has 0 saturated carbocycles. The second-order valence-corrected chi connectivity index (χ2v) is 10.4. The Hall–Kier alpha value is -0.440. The first-order valence-corrected chi connectivity index (χ1v) is 14.2. The second-order valence-electron chi connectivity index (χ2n) is 7.66. The number of aliphatic imine (C=N–C) groups is 1. The summed E-state index contributed by atoms with van der Waals surface area (Å²) in [5.74, 6) is 1.75. The van der Waals surface area contributed by atoms with Crippen molar-refractivity contribution in [1.29, 1.82) is 0 Å². The van der Waals surface area contributed by atoms with Crippen LogP contribution in [-0.2, 0) is 4.79 Å². The zero-order valence-corrected chi connectivity index (χ0v) is 21.2. The van der Waals surface area contributed by atoms with Crippen LogP contribution in [0.3, 0.4) is 0 Å². The summed E-state index contributed by atoms with van der Waals surface area (Å²) >= 11 is 0. The number of nitrogens with zero attached hydrogens (tertiary/aromatic N) is 1. The molecule has 0 aromatic rings. The van der Waals surface area contributed by atoms with Gasteiger partial charge < -0.3 is 22.1 Å². The largest absolute Gasteiger partial charge is 0.370 e. The molecule has 1 aliphatic heterocycles. The Labute approximate surface area is 194 Å². The molecule has 1 saturated heterocycles. The van der Waals surface area contributed by atoms with Gasteiger partial charge in [-0.15, -0.1) is 0 Å². The summed E-state index contributed by atoms with van der Waals surface area (Å²) in [5.41, 5.74) is 10.5. The van der Waals surface area contributed by atoms with E-state index in [1.807, 2.05) is 6.92 Å². The average Bonchev–Trinajstić information content (AvgIpc) is 3.01. The van der Waals surface area contributed by atoms with Crippen LogP contribution in [0, 0.1) is 0 Å². The number of ketones is 1. The highest BCUT2D eigenvalue weighted by Gasteiger charge is 2.15. The highest BCUT2D eigenvalue weighted by atomic mass is 33.1. The van der Waals surface area contributed by atoms with Crippen molar-refractivity contribution in [2.45, 2.75) is 96.3 Å². The summed E-state index contributed by atoms with van der Waals surface area (Å²) in [6.45, 7) is 10.1. The fraction of sp³-hybridized carbons (Fsp3) is 0.909. The molecule has 1 unspecified atom stereocenters. The molecule has 0 bridgehead atoms. The molecule has 180 valence electrons. The number of carbonyl (C=O) groups is 1. The Kier molecular flexibility index (Phi) is 21.5. The summed E-state index contributed by atoms with van der Waals surface area (Å²) in [7, 11) is 4.18. The number of Topliss-reactive ketones (excluding diaryl/α,β-unsaturated/α-hetero) is 1. The van der Waals surface area contributed by atoms with E-state index < -0.39 is 0 Å². The molecule has 0 radical (unpaired) electrons. The van der Waals surface area contributed by atoms with Crippen LogP contribution < -0.4 is 22.1 Å². The molecule has 2 atom stereocenters. The monoisotopic (exact) mass is 464 g/mol. The van der Waals surface area contributed by atoms with E-state index in [0.29, 0.717) is 13.0 Å². The van der Waals surface area contributed by atoms with Gasteiger partial charge in [0.2, 0.25) is 0 Å². The molecule has 8 heteroatoms. The second kappa shape index (κ2) is 21.8. The minimum Gasteiger partial charge on any atom is -0.370 e. The topological polar surface area (TPSA) is 106 Å². The van der Waals surface area contributed by atoms with Gasteiger partial charge in [0.05, 0.1) is 6.04 Å². The minimum absolute atomic E-state index is 0. The first-order valence-electron chi connectivity index (χ1n) is 11.8. The van der Waals surface area contributed by atoms with Crippen LogP contribution in [-0.4, -0.2) is 55.0 Å². The molecule has 0 aromatic carbocycles. The Bertz CT molecular complexity index is 432. The molecular formula is C22H49N5OS2. The van der Waals surface area contributed by atoms with E-state index in [-0.39, 0.29) is 19.2 Å². The lowest BCUT2D eigenvalue weighted by Crippen LogP contribution is -2.37.